The first-order chi connectivity index (χ1) is 12.2. The third-order valence-electron chi connectivity index (χ3n) is 4.77. The van der Waals surface area contributed by atoms with Crippen molar-refractivity contribution < 1.29 is 13.2 Å². The summed E-state index contributed by atoms with van der Waals surface area (Å²) in [5.74, 6) is 0.371. The summed E-state index contributed by atoms with van der Waals surface area (Å²) in [7, 11) is -3.10. The van der Waals surface area contributed by atoms with Crippen molar-refractivity contribution in [2.24, 2.45) is 11.7 Å². The molecule has 1 heterocycles. The zero-order valence-corrected chi connectivity index (χ0v) is 17.8. The van der Waals surface area contributed by atoms with Gasteiger partial charge in [-0.3, -0.25) is 9.69 Å². The monoisotopic (exact) mass is 417 g/mol. The normalized spacial score (nSPS) is 19.1. The fourth-order valence-electron chi connectivity index (χ4n) is 3.24. The van der Waals surface area contributed by atoms with E-state index in [1.54, 1.807) is 0 Å². The molecule has 2 rings (SSSR count). The van der Waals surface area contributed by atoms with Gasteiger partial charge in [0.05, 0.1) is 11.8 Å². The number of hydrogen-bond donors (Lipinski definition) is 2. The second kappa shape index (κ2) is 11.0. The van der Waals surface area contributed by atoms with Gasteiger partial charge in [0.25, 0.3) is 0 Å². The quantitative estimate of drug-likeness (QED) is 0.671. The minimum atomic E-state index is -3.10. The number of amides is 1. The Morgan fingerprint density at radius 1 is 1.30 bits per heavy atom. The van der Waals surface area contributed by atoms with Gasteiger partial charge in [-0.1, -0.05) is 31.2 Å². The second-order valence-electron chi connectivity index (χ2n) is 7.54. The van der Waals surface area contributed by atoms with E-state index in [0.717, 1.165) is 37.4 Å². The largest absolute Gasteiger partial charge is 0.351 e. The van der Waals surface area contributed by atoms with Gasteiger partial charge in [0, 0.05) is 25.9 Å². The fraction of sp³-hybridized carbons (Fsp3) is 0.632. The van der Waals surface area contributed by atoms with Gasteiger partial charge in [0.1, 0.15) is 9.84 Å². The summed E-state index contributed by atoms with van der Waals surface area (Å²) in [6.07, 6.45) is 3.87. The van der Waals surface area contributed by atoms with Crippen LogP contribution in [-0.2, 0) is 27.7 Å². The number of halogens is 1. The van der Waals surface area contributed by atoms with E-state index in [1.807, 2.05) is 12.1 Å². The summed E-state index contributed by atoms with van der Waals surface area (Å²) in [5, 5.41) is 2.77. The van der Waals surface area contributed by atoms with Gasteiger partial charge in [-0.05, 0) is 42.9 Å². The Kier molecular flexibility index (Phi) is 9.73. The molecule has 1 aliphatic rings. The van der Waals surface area contributed by atoms with Crippen molar-refractivity contribution in [1.82, 2.24) is 10.2 Å². The number of carbonyl (C=O) groups excluding carboxylic acids is 1. The SMILES string of the molecule is CC1CCCN(Cc2ccc(CNC(=O)C(N)CCS(C)(=O)=O)cc2)C1.Cl. The van der Waals surface area contributed by atoms with E-state index < -0.39 is 15.9 Å². The highest BCUT2D eigenvalue weighted by Gasteiger charge is 2.17. The molecule has 1 amide bonds. The molecular weight excluding hydrogens is 386 g/mol. The number of hydrogen-bond acceptors (Lipinski definition) is 5. The molecule has 154 valence electrons. The molecule has 0 bridgehead atoms. The van der Waals surface area contributed by atoms with Crippen LogP contribution in [0.2, 0.25) is 0 Å². The Balaban J connectivity index is 0.00000364. The molecule has 0 aromatic heterocycles. The lowest BCUT2D eigenvalue weighted by atomic mass is 9.99. The van der Waals surface area contributed by atoms with Gasteiger partial charge in [-0.25, -0.2) is 8.42 Å². The molecule has 27 heavy (non-hydrogen) atoms. The minimum absolute atomic E-state index is 0. The van der Waals surface area contributed by atoms with Gasteiger partial charge in [0.2, 0.25) is 5.91 Å². The van der Waals surface area contributed by atoms with Crippen LogP contribution in [0.1, 0.15) is 37.3 Å². The maximum Gasteiger partial charge on any atom is 0.237 e. The first kappa shape index (κ1) is 23.9. The van der Waals surface area contributed by atoms with E-state index >= 15 is 0 Å². The standard InChI is InChI=1S/C19H31N3O3S.ClH/c1-15-4-3-10-22(13-15)14-17-7-5-16(6-8-17)12-21-19(23)18(20)9-11-26(2,24)25;/h5-8,15,18H,3-4,9-14,20H2,1-2H3,(H,21,23);1H. The van der Waals surface area contributed by atoms with Crippen LogP contribution in [0.5, 0.6) is 0 Å². The Labute approximate surface area is 169 Å². The molecular formula is C19H32ClN3O3S. The third kappa shape index (κ3) is 9.06. The summed E-state index contributed by atoms with van der Waals surface area (Å²) in [5.41, 5.74) is 8.03. The van der Waals surface area contributed by atoms with Crippen molar-refractivity contribution in [2.75, 3.05) is 25.1 Å². The Hall–Kier alpha value is -1.15. The third-order valence-corrected chi connectivity index (χ3v) is 5.75. The lowest BCUT2D eigenvalue weighted by molar-refractivity contribution is -0.122. The summed E-state index contributed by atoms with van der Waals surface area (Å²) >= 11 is 0. The Morgan fingerprint density at radius 3 is 2.52 bits per heavy atom. The summed E-state index contributed by atoms with van der Waals surface area (Å²) in [4.78, 5) is 14.4. The van der Waals surface area contributed by atoms with E-state index in [2.05, 4.69) is 29.3 Å². The van der Waals surface area contributed by atoms with Crippen molar-refractivity contribution in [1.29, 1.82) is 0 Å². The number of benzene rings is 1. The van der Waals surface area contributed by atoms with Crippen LogP contribution in [0.3, 0.4) is 0 Å². The Morgan fingerprint density at radius 2 is 1.93 bits per heavy atom. The molecule has 1 aliphatic heterocycles. The molecule has 6 nitrogen and oxygen atoms in total. The van der Waals surface area contributed by atoms with Gasteiger partial charge >= 0.3 is 0 Å². The predicted octanol–water partition coefficient (Wildman–Crippen LogP) is 1.72. The van der Waals surface area contributed by atoms with Crippen molar-refractivity contribution in [2.45, 2.75) is 45.3 Å². The summed E-state index contributed by atoms with van der Waals surface area (Å²) < 4.78 is 22.3. The zero-order valence-electron chi connectivity index (χ0n) is 16.2. The van der Waals surface area contributed by atoms with Crippen molar-refractivity contribution in [3.8, 4) is 0 Å². The maximum atomic E-state index is 12.0. The van der Waals surface area contributed by atoms with Crippen LogP contribution < -0.4 is 11.1 Å². The molecule has 0 aliphatic carbocycles. The summed E-state index contributed by atoms with van der Waals surface area (Å²) in [6, 6.07) is 7.44. The van der Waals surface area contributed by atoms with Crippen molar-refractivity contribution in [3.63, 3.8) is 0 Å². The smallest absolute Gasteiger partial charge is 0.237 e. The topological polar surface area (TPSA) is 92.5 Å². The number of likely N-dealkylation sites (tertiary alicyclic amines) is 1. The predicted molar refractivity (Wildman–Crippen MR) is 112 cm³/mol. The zero-order chi connectivity index (χ0) is 19.2. The molecule has 2 unspecified atom stereocenters. The Bertz CT molecular complexity index is 695. The van der Waals surface area contributed by atoms with Crippen LogP contribution in [0, 0.1) is 5.92 Å². The lowest BCUT2D eigenvalue weighted by Gasteiger charge is -2.30. The van der Waals surface area contributed by atoms with E-state index in [-0.39, 0.29) is 30.5 Å². The molecule has 8 heteroatoms. The number of nitrogens with two attached hydrogens (primary N) is 1. The fourth-order valence-corrected chi connectivity index (χ4v) is 3.93. The number of nitrogens with one attached hydrogen (secondary N) is 1. The van der Waals surface area contributed by atoms with Crippen LogP contribution in [0.25, 0.3) is 0 Å². The average molecular weight is 418 g/mol. The molecule has 0 spiro atoms. The van der Waals surface area contributed by atoms with Crippen molar-refractivity contribution in [3.05, 3.63) is 35.4 Å². The van der Waals surface area contributed by atoms with E-state index in [9.17, 15) is 13.2 Å². The number of rotatable bonds is 8. The number of nitrogens with zero attached hydrogens (tertiary/aromatic N) is 1. The van der Waals surface area contributed by atoms with Crippen LogP contribution in [0.15, 0.2) is 24.3 Å². The van der Waals surface area contributed by atoms with Gasteiger partial charge in [0.15, 0.2) is 0 Å². The molecule has 3 N–H and O–H groups in total. The molecule has 1 fully saturated rings. The maximum absolute atomic E-state index is 12.0. The van der Waals surface area contributed by atoms with Gasteiger partial charge in [-0.15, -0.1) is 12.4 Å². The molecule has 0 radical (unpaired) electrons. The second-order valence-corrected chi connectivity index (χ2v) is 9.80. The van der Waals surface area contributed by atoms with Gasteiger partial charge in [-0.2, -0.15) is 0 Å². The minimum Gasteiger partial charge on any atom is -0.351 e. The number of sulfone groups is 1. The molecule has 0 saturated carbocycles. The molecule has 1 aromatic rings. The average Bonchev–Trinajstić information content (AvgIpc) is 2.58. The van der Waals surface area contributed by atoms with Crippen LogP contribution in [0.4, 0.5) is 0 Å². The van der Waals surface area contributed by atoms with E-state index in [4.69, 9.17) is 5.73 Å². The highest BCUT2D eigenvalue weighted by atomic mass is 35.5. The molecule has 1 saturated heterocycles. The first-order valence-electron chi connectivity index (χ1n) is 9.24. The number of carbonyl (C=O) groups is 1. The van der Waals surface area contributed by atoms with Crippen molar-refractivity contribution >= 4 is 28.2 Å². The molecule has 2 atom stereocenters. The van der Waals surface area contributed by atoms with E-state index in [1.165, 1.54) is 18.4 Å². The highest BCUT2D eigenvalue weighted by molar-refractivity contribution is 7.90. The van der Waals surface area contributed by atoms with Gasteiger partial charge < -0.3 is 11.1 Å². The number of piperidine rings is 1. The van der Waals surface area contributed by atoms with Crippen LogP contribution in [-0.4, -0.2) is 50.4 Å². The summed E-state index contributed by atoms with van der Waals surface area (Å²) in [6.45, 7) is 5.98. The first-order valence-corrected chi connectivity index (χ1v) is 11.3. The lowest BCUT2D eigenvalue weighted by Crippen LogP contribution is -2.41. The highest BCUT2D eigenvalue weighted by Crippen LogP contribution is 2.18. The van der Waals surface area contributed by atoms with E-state index in [0.29, 0.717) is 6.54 Å². The molecule has 1 aromatic carbocycles. The van der Waals surface area contributed by atoms with Crippen LogP contribution >= 0.6 is 12.4 Å².